The van der Waals surface area contributed by atoms with Gasteiger partial charge >= 0.3 is 0 Å². The van der Waals surface area contributed by atoms with E-state index in [0.717, 1.165) is 63.4 Å². The van der Waals surface area contributed by atoms with Gasteiger partial charge in [-0.1, -0.05) is 6.07 Å². The molecule has 0 bridgehead atoms. The van der Waals surface area contributed by atoms with Gasteiger partial charge in [-0.2, -0.15) is 0 Å². The van der Waals surface area contributed by atoms with E-state index in [-0.39, 0.29) is 35.9 Å². The molecular formula is C20H30BrFIN3O2. The number of ether oxygens (including phenoxy) is 2. The minimum atomic E-state index is -0.253. The first-order valence-electron chi connectivity index (χ1n) is 9.86. The molecule has 2 heterocycles. The number of halogens is 3. The molecule has 0 aliphatic carbocycles. The van der Waals surface area contributed by atoms with Gasteiger partial charge < -0.3 is 19.7 Å². The van der Waals surface area contributed by atoms with Crippen molar-refractivity contribution in [1.82, 2.24) is 10.2 Å². The lowest BCUT2D eigenvalue weighted by Gasteiger charge is -2.34. The maximum absolute atomic E-state index is 13.7. The SMILES string of the molecule is CCNC(=NCc1ccc(Br)c(F)c1)N1CCC(OCC2CCCO2)CC1.I. The fraction of sp³-hybridized carbons (Fsp3) is 0.650. The fourth-order valence-electron chi connectivity index (χ4n) is 3.48. The summed E-state index contributed by atoms with van der Waals surface area (Å²) in [6, 6.07) is 5.15. The monoisotopic (exact) mass is 569 g/mol. The maximum Gasteiger partial charge on any atom is 0.194 e. The zero-order chi connectivity index (χ0) is 19.1. The van der Waals surface area contributed by atoms with Gasteiger partial charge in [-0.25, -0.2) is 9.38 Å². The molecule has 1 aromatic carbocycles. The lowest BCUT2D eigenvalue weighted by molar-refractivity contribution is -0.0367. The summed E-state index contributed by atoms with van der Waals surface area (Å²) in [5.41, 5.74) is 0.862. The second kappa shape index (κ2) is 12.3. The number of hydrogen-bond donors (Lipinski definition) is 1. The Bertz CT molecular complexity index is 636. The van der Waals surface area contributed by atoms with Gasteiger partial charge in [-0.05, 0) is 66.2 Å². The number of nitrogens with zero attached hydrogens (tertiary/aromatic N) is 2. The molecule has 158 valence electrons. The van der Waals surface area contributed by atoms with Gasteiger partial charge in [-0.3, -0.25) is 0 Å². The van der Waals surface area contributed by atoms with Crippen LogP contribution in [0.5, 0.6) is 0 Å². The van der Waals surface area contributed by atoms with Crippen LogP contribution >= 0.6 is 39.9 Å². The molecule has 1 unspecified atom stereocenters. The third-order valence-electron chi connectivity index (χ3n) is 5.01. The van der Waals surface area contributed by atoms with Crippen molar-refractivity contribution in [3.63, 3.8) is 0 Å². The molecule has 2 aliphatic heterocycles. The van der Waals surface area contributed by atoms with E-state index in [0.29, 0.717) is 23.7 Å². The molecule has 0 spiro atoms. The summed E-state index contributed by atoms with van der Waals surface area (Å²) >= 11 is 3.19. The van der Waals surface area contributed by atoms with Crippen LogP contribution < -0.4 is 5.32 Å². The molecule has 1 atom stereocenters. The van der Waals surface area contributed by atoms with E-state index in [2.05, 4.69) is 33.1 Å². The molecule has 5 nitrogen and oxygen atoms in total. The number of benzene rings is 1. The van der Waals surface area contributed by atoms with Crippen molar-refractivity contribution in [3.05, 3.63) is 34.1 Å². The Morgan fingerprint density at radius 1 is 1.36 bits per heavy atom. The van der Waals surface area contributed by atoms with E-state index in [9.17, 15) is 4.39 Å². The van der Waals surface area contributed by atoms with Gasteiger partial charge in [0.25, 0.3) is 0 Å². The predicted octanol–water partition coefficient (Wildman–Crippen LogP) is 4.33. The smallest absolute Gasteiger partial charge is 0.194 e. The van der Waals surface area contributed by atoms with E-state index in [1.54, 1.807) is 6.07 Å². The zero-order valence-electron chi connectivity index (χ0n) is 16.3. The topological polar surface area (TPSA) is 46.1 Å². The van der Waals surface area contributed by atoms with Crippen molar-refractivity contribution < 1.29 is 13.9 Å². The number of rotatable bonds is 6. The van der Waals surface area contributed by atoms with Crippen LogP contribution in [0.1, 0.15) is 38.2 Å². The van der Waals surface area contributed by atoms with E-state index >= 15 is 0 Å². The van der Waals surface area contributed by atoms with Crippen molar-refractivity contribution in [2.24, 2.45) is 4.99 Å². The van der Waals surface area contributed by atoms with E-state index < -0.39 is 0 Å². The second-order valence-electron chi connectivity index (χ2n) is 7.07. The van der Waals surface area contributed by atoms with Crippen LogP contribution in [0.3, 0.4) is 0 Å². The van der Waals surface area contributed by atoms with Crippen molar-refractivity contribution in [2.45, 2.75) is 51.4 Å². The molecule has 1 aromatic rings. The minimum Gasteiger partial charge on any atom is -0.376 e. The zero-order valence-corrected chi connectivity index (χ0v) is 20.2. The van der Waals surface area contributed by atoms with Crippen LogP contribution in [0.25, 0.3) is 0 Å². The number of likely N-dealkylation sites (tertiary alicyclic amines) is 1. The molecule has 8 heteroatoms. The molecule has 0 radical (unpaired) electrons. The summed E-state index contributed by atoms with van der Waals surface area (Å²) in [6.07, 6.45) is 4.83. The van der Waals surface area contributed by atoms with Gasteiger partial charge in [0.1, 0.15) is 5.82 Å². The number of piperidine rings is 1. The van der Waals surface area contributed by atoms with Crippen molar-refractivity contribution in [2.75, 3.05) is 32.8 Å². The summed E-state index contributed by atoms with van der Waals surface area (Å²) < 4.78 is 25.8. The predicted molar refractivity (Wildman–Crippen MR) is 124 cm³/mol. The molecule has 2 saturated heterocycles. The summed E-state index contributed by atoms with van der Waals surface area (Å²) in [5.74, 6) is 0.635. The average molecular weight is 570 g/mol. The maximum atomic E-state index is 13.7. The first kappa shape index (κ1) is 23.8. The van der Waals surface area contributed by atoms with Crippen molar-refractivity contribution >= 4 is 45.9 Å². The van der Waals surface area contributed by atoms with Crippen LogP contribution in [0.2, 0.25) is 0 Å². The minimum absolute atomic E-state index is 0. The Labute approximate surface area is 192 Å². The van der Waals surface area contributed by atoms with Crippen LogP contribution in [-0.2, 0) is 16.0 Å². The molecule has 1 N–H and O–H groups in total. The van der Waals surface area contributed by atoms with Gasteiger partial charge in [-0.15, -0.1) is 24.0 Å². The number of nitrogens with one attached hydrogen (secondary N) is 1. The summed E-state index contributed by atoms with van der Waals surface area (Å²) in [5, 5.41) is 3.35. The van der Waals surface area contributed by atoms with E-state index in [1.807, 2.05) is 6.07 Å². The molecule has 2 fully saturated rings. The van der Waals surface area contributed by atoms with Gasteiger partial charge in [0, 0.05) is 26.2 Å². The van der Waals surface area contributed by atoms with Gasteiger partial charge in [0.2, 0.25) is 0 Å². The fourth-order valence-corrected chi connectivity index (χ4v) is 3.73. The first-order valence-corrected chi connectivity index (χ1v) is 10.7. The lowest BCUT2D eigenvalue weighted by Crippen LogP contribution is -2.47. The largest absolute Gasteiger partial charge is 0.376 e. The third-order valence-corrected chi connectivity index (χ3v) is 5.66. The van der Waals surface area contributed by atoms with Crippen LogP contribution in [0.4, 0.5) is 4.39 Å². The van der Waals surface area contributed by atoms with Crippen LogP contribution in [-0.4, -0.2) is 55.9 Å². The number of aliphatic imine (C=N–C) groups is 1. The Balaban J connectivity index is 0.00000280. The highest BCUT2D eigenvalue weighted by atomic mass is 127. The van der Waals surface area contributed by atoms with E-state index in [4.69, 9.17) is 14.5 Å². The van der Waals surface area contributed by atoms with Gasteiger partial charge in [0.15, 0.2) is 5.96 Å². The molecule has 2 aliphatic rings. The standard InChI is InChI=1S/C20H29BrFN3O2.HI/c1-2-23-20(24-13-15-5-6-18(21)19(22)12-15)25-9-7-16(8-10-25)27-14-17-4-3-11-26-17;/h5-6,12,16-17H,2-4,7-11,13-14H2,1H3,(H,23,24);1H. The highest BCUT2D eigenvalue weighted by Gasteiger charge is 2.24. The number of hydrogen-bond acceptors (Lipinski definition) is 3. The average Bonchev–Trinajstić information content (AvgIpc) is 3.20. The Morgan fingerprint density at radius 2 is 2.14 bits per heavy atom. The van der Waals surface area contributed by atoms with Crippen LogP contribution in [0.15, 0.2) is 27.7 Å². The van der Waals surface area contributed by atoms with E-state index in [1.165, 1.54) is 6.07 Å². The van der Waals surface area contributed by atoms with Crippen LogP contribution in [0, 0.1) is 5.82 Å². The Hall–Kier alpha value is -0.450. The summed E-state index contributed by atoms with van der Waals surface area (Å²) in [7, 11) is 0. The molecule has 0 amide bonds. The van der Waals surface area contributed by atoms with Gasteiger partial charge in [0.05, 0.1) is 29.8 Å². The Kier molecular flexibility index (Phi) is 10.5. The molecule has 28 heavy (non-hydrogen) atoms. The highest BCUT2D eigenvalue weighted by molar-refractivity contribution is 14.0. The molecule has 0 aromatic heterocycles. The normalized spacial score (nSPS) is 20.9. The lowest BCUT2D eigenvalue weighted by atomic mass is 10.1. The molecule has 0 saturated carbocycles. The summed E-state index contributed by atoms with van der Waals surface area (Å²) in [4.78, 5) is 6.97. The summed E-state index contributed by atoms with van der Waals surface area (Å²) in [6.45, 7) is 6.75. The van der Waals surface area contributed by atoms with Crippen molar-refractivity contribution in [3.8, 4) is 0 Å². The quantitative estimate of drug-likeness (QED) is 0.315. The number of guanidine groups is 1. The second-order valence-corrected chi connectivity index (χ2v) is 7.93. The first-order chi connectivity index (χ1) is 13.2. The highest BCUT2D eigenvalue weighted by Crippen LogP contribution is 2.19. The molecular weight excluding hydrogens is 540 g/mol. The van der Waals surface area contributed by atoms with Crippen molar-refractivity contribution in [1.29, 1.82) is 0 Å². The molecule has 3 rings (SSSR count). The Morgan fingerprint density at radius 3 is 2.79 bits per heavy atom. The third kappa shape index (κ3) is 7.11.